The molecule has 0 atom stereocenters. The van der Waals surface area contributed by atoms with Gasteiger partial charge in [-0.25, -0.2) is 4.98 Å². The Labute approximate surface area is 179 Å². The fourth-order valence-corrected chi connectivity index (χ4v) is 4.23. The summed E-state index contributed by atoms with van der Waals surface area (Å²) in [7, 11) is 0. The molecule has 0 aliphatic heterocycles. The summed E-state index contributed by atoms with van der Waals surface area (Å²) in [5.74, 6) is 0.281. The Hall–Kier alpha value is -4.23. The second-order valence-electron chi connectivity index (χ2n) is 7.79. The molecule has 1 N–H and O–H groups in total. The van der Waals surface area contributed by atoms with Crippen molar-refractivity contribution in [1.82, 2.24) is 9.97 Å². The lowest BCUT2D eigenvalue weighted by Gasteiger charge is -2.10. The van der Waals surface area contributed by atoms with E-state index >= 15 is 0 Å². The summed E-state index contributed by atoms with van der Waals surface area (Å²) in [5.41, 5.74) is 3.55. The normalized spacial score (nSPS) is 11.8. The van der Waals surface area contributed by atoms with Crippen molar-refractivity contribution in [2.75, 3.05) is 0 Å². The van der Waals surface area contributed by atoms with Gasteiger partial charge in [0.15, 0.2) is 5.82 Å². The molecule has 4 aromatic carbocycles. The highest BCUT2D eigenvalue weighted by molar-refractivity contribution is 6.09. The van der Waals surface area contributed by atoms with E-state index in [1.165, 1.54) is 0 Å². The SMILES string of the molecule is Cc1cc(C)c2nc(C(C#N)=Cc3c4ccccc4cc4ccccc34)[nH]c(=O)c2c1. The van der Waals surface area contributed by atoms with Crippen LogP contribution in [0.3, 0.4) is 0 Å². The molecule has 1 aromatic heterocycles. The standard InChI is InChI=1S/C27H19N3O/c1-16-11-17(2)25-24(12-16)27(31)30-26(29-25)20(15-28)14-23-21-9-5-3-7-18(21)13-19-8-4-6-10-22(19)23/h3-14H,1-2H3,(H,29,30,31). The van der Waals surface area contributed by atoms with Crippen molar-refractivity contribution >= 4 is 44.1 Å². The van der Waals surface area contributed by atoms with Gasteiger partial charge < -0.3 is 4.98 Å². The van der Waals surface area contributed by atoms with E-state index in [0.29, 0.717) is 16.5 Å². The quantitative estimate of drug-likeness (QED) is 0.295. The molecular weight excluding hydrogens is 382 g/mol. The number of allylic oxidation sites excluding steroid dienone is 1. The Morgan fingerprint density at radius 2 is 1.58 bits per heavy atom. The van der Waals surface area contributed by atoms with E-state index in [2.05, 4.69) is 34.2 Å². The van der Waals surface area contributed by atoms with Crippen LogP contribution in [0.2, 0.25) is 0 Å². The fraction of sp³-hybridized carbons (Fsp3) is 0.0741. The first-order valence-corrected chi connectivity index (χ1v) is 10.1. The molecule has 148 valence electrons. The van der Waals surface area contributed by atoms with Crippen molar-refractivity contribution in [3.63, 3.8) is 0 Å². The van der Waals surface area contributed by atoms with E-state index in [4.69, 9.17) is 0 Å². The average molecular weight is 401 g/mol. The van der Waals surface area contributed by atoms with Crippen molar-refractivity contribution in [2.24, 2.45) is 0 Å². The van der Waals surface area contributed by atoms with Gasteiger partial charge in [0.2, 0.25) is 0 Å². The molecule has 0 saturated heterocycles. The van der Waals surface area contributed by atoms with E-state index in [9.17, 15) is 10.1 Å². The molecule has 0 unspecified atom stereocenters. The van der Waals surface area contributed by atoms with Crippen molar-refractivity contribution in [3.8, 4) is 6.07 Å². The molecule has 4 heteroatoms. The minimum Gasteiger partial charge on any atom is -0.305 e. The molecule has 5 aromatic rings. The number of aromatic amines is 1. The molecule has 0 saturated carbocycles. The maximum absolute atomic E-state index is 12.8. The lowest BCUT2D eigenvalue weighted by atomic mass is 9.95. The highest BCUT2D eigenvalue weighted by Gasteiger charge is 2.13. The van der Waals surface area contributed by atoms with Gasteiger partial charge in [0.25, 0.3) is 5.56 Å². The topological polar surface area (TPSA) is 69.5 Å². The fourth-order valence-electron chi connectivity index (χ4n) is 4.23. The van der Waals surface area contributed by atoms with Gasteiger partial charge in [-0.15, -0.1) is 0 Å². The molecule has 0 amide bonds. The van der Waals surface area contributed by atoms with Crippen LogP contribution in [-0.4, -0.2) is 9.97 Å². The number of fused-ring (bicyclic) bond motifs is 3. The molecule has 1 heterocycles. The summed E-state index contributed by atoms with van der Waals surface area (Å²) in [6, 6.07) is 24.4. The van der Waals surface area contributed by atoms with E-state index in [1.807, 2.05) is 68.5 Å². The van der Waals surface area contributed by atoms with Gasteiger partial charge in [-0.3, -0.25) is 4.79 Å². The van der Waals surface area contributed by atoms with Crippen LogP contribution < -0.4 is 5.56 Å². The summed E-state index contributed by atoms with van der Waals surface area (Å²) < 4.78 is 0. The van der Waals surface area contributed by atoms with Crippen molar-refractivity contribution < 1.29 is 0 Å². The van der Waals surface area contributed by atoms with E-state index in [0.717, 1.165) is 38.2 Å². The van der Waals surface area contributed by atoms with Crippen LogP contribution in [-0.2, 0) is 0 Å². The third-order valence-corrected chi connectivity index (χ3v) is 5.62. The van der Waals surface area contributed by atoms with Crippen LogP contribution in [0.5, 0.6) is 0 Å². The van der Waals surface area contributed by atoms with Crippen LogP contribution >= 0.6 is 0 Å². The Morgan fingerprint density at radius 3 is 2.23 bits per heavy atom. The van der Waals surface area contributed by atoms with Gasteiger partial charge in [-0.2, -0.15) is 5.26 Å². The predicted molar refractivity (Wildman–Crippen MR) is 127 cm³/mol. The largest absolute Gasteiger partial charge is 0.305 e. The van der Waals surface area contributed by atoms with Gasteiger partial charge >= 0.3 is 0 Å². The second-order valence-corrected chi connectivity index (χ2v) is 7.79. The van der Waals surface area contributed by atoms with Gasteiger partial charge in [0, 0.05) is 0 Å². The number of nitrogens with zero attached hydrogens (tertiary/aromatic N) is 2. The molecule has 0 fully saturated rings. The first-order chi connectivity index (χ1) is 15.0. The highest BCUT2D eigenvalue weighted by Crippen LogP contribution is 2.31. The lowest BCUT2D eigenvalue weighted by Crippen LogP contribution is -2.12. The maximum Gasteiger partial charge on any atom is 0.259 e. The minimum absolute atomic E-state index is 0.240. The van der Waals surface area contributed by atoms with E-state index in [-0.39, 0.29) is 11.4 Å². The summed E-state index contributed by atoms with van der Waals surface area (Å²) in [6.45, 7) is 3.88. The van der Waals surface area contributed by atoms with Gasteiger partial charge in [0.05, 0.1) is 16.5 Å². The van der Waals surface area contributed by atoms with E-state index < -0.39 is 0 Å². The lowest BCUT2D eigenvalue weighted by molar-refractivity contribution is 1.12. The Bertz CT molecular complexity index is 1580. The predicted octanol–water partition coefficient (Wildman–Crippen LogP) is 5.91. The zero-order chi connectivity index (χ0) is 21.5. The van der Waals surface area contributed by atoms with Gasteiger partial charge in [-0.1, -0.05) is 54.6 Å². The van der Waals surface area contributed by atoms with Crippen molar-refractivity contribution in [3.05, 3.63) is 99.6 Å². The molecule has 0 bridgehead atoms. The van der Waals surface area contributed by atoms with Crippen LogP contribution in [0.25, 0.3) is 44.1 Å². The Kier molecular flexibility index (Phi) is 4.38. The molecule has 31 heavy (non-hydrogen) atoms. The first-order valence-electron chi connectivity index (χ1n) is 10.1. The average Bonchev–Trinajstić information content (AvgIpc) is 2.77. The van der Waals surface area contributed by atoms with Crippen LogP contribution in [0.4, 0.5) is 0 Å². The number of hydrogen-bond donors (Lipinski definition) is 1. The molecular formula is C27H19N3O. The third-order valence-electron chi connectivity index (χ3n) is 5.62. The monoisotopic (exact) mass is 401 g/mol. The molecule has 0 aliphatic rings. The highest BCUT2D eigenvalue weighted by atomic mass is 16.1. The van der Waals surface area contributed by atoms with Crippen molar-refractivity contribution in [1.29, 1.82) is 5.26 Å². The van der Waals surface area contributed by atoms with Crippen molar-refractivity contribution in [2.45, 2.75) is 13.8 Å². The summed E-state index contributed by atoms with van der Waals surface area (Å²) in [4.78, 5) is 20.2. The van der Waals surface area contributed by atoms with E-state index in [1.54, 1.807) is 0 Å². The van der Waals surface area contributed by atoms with Crippen LogP contribution in [0.15, 0.2) is 71.5 Å². The number of nitriles is 1. The molecule has 4 nitrogen and oxygen atoms in total. The van der Waals surface area contributed by atoms with Crippen LogP contribution in [0, 0.1) is 25.2 Å². The number of rotatable bonds is 2. The number of aryl methyl sites for hydroxylation is 2. The molecule has 0 spiro atoms. The smallest absolute Gasteiger partial charge is 0.259 e. The summed E-state index contributed by atoms with van der Waals surface area (Å²) >= 11 is 0. The minimum atomic E-state index is -0.240. The molecule has 0 radical (unpaired) electrons. The summed E-state index contributed by atoms with van der Waals surface area (Å²) in [5, 5.41) is 14.8. The number of H-pyrrole nitrogens is 1. The second kappa shape index (κ2) is 7.23. The number of hydrogen-bond acceptors (Lipinski definition) is 3. The third kappa shape index (κ3) is 3.17. The number of benzene rings is 4. The Balaban J connectivity index is 1.82. The number of nitrogens with one attached hydrogen (secondary N) is 1. The van der Waals surface area contributed by atoms with Gasteiger partial charge in [-0.05, 0) is 70.3 Å². The van der Waals surface area contributed by atoms with Gasteiger partial charge in [0.1, 0.15) is 6.07 Å². The zero-order valence-corrected chi connectivity index (χ0v) is 17.2. The summed E-state index contributed by atoms with van der Waals surface area (Å²) in [6.07, 6.45) is 1.83. The Morgan fingerprint density at radius 1 is 0.935 bits per heavy atom. The first kappa shape index (κ1) is 18.8. The van der Waals surface area contributed by atoms with Crippen LogP contribution in [0.1, 0.15) is 22.5 Å². The number of aromatic nitrogens is 2. The molecule has 0 aliphatic carbocycles. The zero-order valence-electron chi connectivity index (χ0n) is 17.2. The molecule has 5 rings (SSSR count). The maximum atomic E-state index is 12.8.